The van der Waals surface area contributed by atoms with Crippen LogP contribution in [0.25, 0.3) is 0 Å². The molecule has 7 nitrogen and oxygen atoms in total. The van der Waals surface area contributed by atoms with E-state index in [0.29, 0.717) is 11.7 Å². The van der Waals surface area contributed by atoms with E-state index < -0.39 is 5.54 Å². The molecule has 4 rings (SSSR count). The van der Waals surface area contributed by atoms with E-state index in [2.05, 4.69) is 10.1 Å². The molecule has 1 saturated heterocycles. The lowest BCUT2D eigenvalue weighted by atomic mass is 9.77. The second-order valence-corrected chi connectivity index (χ2v) is 6.78. The summed E-state index contributed by atoms with van der Waals surface area (Å²) in [5.74, 6) is 0.339. The van der Waals surface area contributed by atoms with Crippen molar-refractivity contribution in [2.45, 2.75) is 57.0 Å². The number of nitrogens with zero attached hydrogens (tertiary/aromatic N) is 3. The van der Waals surface area contributed by atoms with E-state index in [0.717, 1.165) is 44.9 Å². The number of aromatic nitrogens is 2. The number of likely N-dealkylation sites (tertiary alicyclic amines) is 1. The van der Waals surface area contributed by atoms with Crippen molar-refractivity contribution < 1.29 is 14.1 Å². The van der Waals surface area contributed by atoms with Gasteiger partial charge in [0.1, 0.15) is 6.54 Å². The number of fused-ring (bicyclic) bond motifs is 1. The number of carbonyl (C=O) groups excluding carboxylic acids is 2. The molecular weight excluding hydrogens is 284 g/mol. The number of hydrogen-bond acceptors (Lipinski definition) is 6. The summed E-state index contributed by atoms with van der Waals surface area (Å²) in [5, 5.41) is 3.93. The van der Waals surface area contributed by atoms with Crippen molar-refractivity contribution in [3.05, 3.63) is 11.7 Å². The maximum absolute atomic E-state index is 12.4. The van der Waals surface area contributed by atoms with E-state index in [4.69, 9.17) is 10.3 Å². The van der Waals surface area contributed by atoms with Crippen molar-refractivity contribution in [1.82, 2.24) is 15.0 Å². The van der Waals surface area contributed by atoms with Gasteiger partial charge in [-0.15, -0.1) is 0 Å². The highest BCUT2D eigenvalue weighted by Gasteiger charge is 2.48. The van der Waals surface area contributed by atoms with Crippen LogP contribution in [0, 0.1) is 11.8 Å². The van der Waals surface area contributed by atoms with Crippen LogP contribution < -0.4 is 5.73 Å². The Morgan fingerprint density at radius 1 is 1.14 bits per heavy atom. The summed E-state index contributed by atoms with van der Waals surface area (Å²) in [6, 6.07) is 0. The Bertz CT molecular complexity index is 598. The van der Waals surface area contributed by atoms with E-state index >= 15 is 0 Å². The summed E-state index contributed by atoms with van der Waals surface area (Å²) in [5.41, 5.74) is 5.67. The van der Waals surface area contributed by atoms with Crippen molar-refractivity contribution >= 4 is 11.8 Å². The molecule has 2 aliphatic carbocycles. The summed E-state index contributed by atoms with van der Waals surface area (Å²) < 4.78 is 5.21. The zero-order valence-electron chi connectivity index (χ0n) is 12.5. The van der Waals surface area contributed by atoms with Gasteiger partial charge in [0.05, 0.1) is 17.4 Å². The molecule has 1 aromatic rings. The molecule has 118 valence electrons. The second kappa shape index (κ2) is 4.87. The maximum Gasteiger partial charge on any atom is 0.246 e. The minimum atomic E-state index is -0.491. The van der Waals surface area contributed by atoms with Crippen LogP contribution in [0.1, 0.15) is 56.7 Å². The zero-order chi connectivity index (χ0) is 15.3. The van der Waals surface area contributed by atoms with Gasteiger partial charge in [0.25, 0.3) is 0 Å². The molecule has 2 atom stereocenters. The summed E-state index contributed by atoms with van der Waals surface area (Å²) >= 11 is 0. The van der Waals surface area contributed by atoms with E-state index in [1.807, 2.05) is 0 Å². The van der Waals surface area contributed by atoms with Crippen LogP contribution >= 0.6 is 0 Å². The third-order valence-corrected chi connectivity index (χ3v) is 5.38. The monoisotopic (exact) mass is 304 g/mol. The molecule has 22 heavy (non-hydrogen) atoms. The first-order valence-electron chi connectivity index (χ1n) is 8.06. The fourth-order valence-corrected chi connectivity index (χ4v) is 3.82. The van der Waals surface area contributed by atoms with E-state index in [-0.39, 0.29) is 30.2 Å². The molecule has 1 aromatic heterocycles. The highest BCUT2D eigenvalue weighted by molar-refractivity contribution is 6.05. The number of hydrogen-bond donors (Lipinski definition) is 1. The number of imide groups is 1. The molecule has 2 saturated carbocycles. The van der Waals surface area contributed by atoms with Gasteiger partial charge in [-0.25, -0.2) is 0 Å². The minimum absolute atomic E-state index is 0.0771. The van der Waals surface area contributed by atoms with Crippen LogP contribution in [0.4, 0.5) is 0 Å². The molecule has 1 aliphatic heterocycles. The predicted octanol–water partition coefficient (Wildman–Crippen LogP) is 1.08. The van der Waals surface area contributed by atoms with Crippen LogP contribution in [-0.2, 0) is 21.7 Å². The zero-order valence-corrected chi connectivity index (χ0v) is 12.5. The van der Waals surface area contributed by atoms with Gasteiger partial charge in [-0.2, -0.15) is 4.98 Å². The second-order valence-electron chi connectivity index (χ2n) is 6.78. The molecule has 2 heterocycles. The van der Waals surface area contributed by atoms with Gasteiger partial charge in [-0.1, -0.05) is 18.0 Å². The Kier molecular flexibility index (Phi) is 3.07. The highest BCUT2D eigenvalue weighted by Crippen LogP contribution is 2.39. The normalized spacial score (nSPS) is 30.3. The van der Waals surface area contributed by atoms with E-state index in [1.54, 1.807) is 0 Å². The van der Waals surface area contributed by atoms with Crippen molar-refractivity contribution in [3.8, 4) is 0 Å². The summed E-state index contributed by atoms with van der Waals surface area (Å²) in [6.07, 6.45) is 6.42. The molecule has 0 spiro atoms. The van der Waals surface area contributed by atoms with Gasteiger partial charge < -0.3 is 10.3 Å². The van der Waals surface area contributed by atoms with Crippen molar-refractivity contribution in [2.24, 2.45) is 17.6 Å². The quantitative estimate of drug-likeness (QED) is 0.838. The van der Waals surface area contributed by atoms with Crippen LogP contribution in [0.3, 0.4) is 0 Å². The van der Waals surface area contributed by atoms with Crippen molar-refractivity contribution in [3.63, 3.8) is 0 Å². The van der Waals surface area contributed by atoms with E-state index in [9.17, 15) is 9.59 Å². The van der Waals surface area contributed by atoms with Crippen LogP contribution in [-0.4, -0.2) is 26.9 Å². The van der Waals surface area contributed by atoms with E-state index in [1.165, 1.54) is 4.90 Å². The SMILES string of the molecule is NC1(c2noc(CN3C(=O)C4CCCCC4C3=O)n2)CCC1. The average molecular weight is 304 g/mol. The summed E-state index contributed by atoms with van der Waals surface area (Å²) in [4.78, 5) is 30.4. The topological polar surface area (TPSA) is 102 Å². The van der Waals surface area contributed by atoms with Gasteiger partial charge in [0.15, 0.2) is 5.82 Å². The minimum Gasteiger partial charge on any atom is -0.337 e. The first kappa shape index (κ1) is 13.9. The van der Waals surface area contributed by atoms with Crippen molar-refractivity contribution in [2.75, 3.05) is 0 Å². The van der Waals surface area contributed by atoms with Gasteiger partial charge in [0.2, 0.25) is 17.7 Å². The third-order valence-electron chi connectivity index (χ3n) is 5.38. The van der Waals surface area contributed by atoms with Gasteiger partial charge in [-0.3, -0.25) is 14.5 Å². The Labute approximate surface area is 128 Å². The molecule has 3 fully saturated rings. The maximum atomic E-state index is 12.4. The van der Waals surface area contributed by atoms with Crippen LogP contribution in [0.15, 0.2) is 4.52 Å². The molecule has 2 unspecified atom stereocenters. The lowest BCUT2D eigenvalue weighted by Gasteiger charge is -2.34. The first-order chi connectivity index (χ1) is 10.6. The third kappa shape index (κ3) is 1.99. The largest absolute Gasteiger partial charge is 0.337 e. The lowest BCUT2D eigenvalue weighted by Crippen LogP contribution is -2.44. The number of amides is 2. The molecule has 3 aliphatic rings. The highest BCUT2D eigenvalue weighted by atomic mass is 16.5. The molecule has 7 heteroatoms. The average Bonchev–Trinajstić information content (AvgIpc) is 3.05. The Morgan fingerprint density at radius 2 is 1.77 bits per heavy atom. The molecule has 0 aromatic carbocycles. The number of rotatable bonds is 3. The van der Waals surface area contributed by atoms with Gasteiger partial charge >= 0.3 is 0 Å². The number of carbonyl (C=O) groups is 2. The summed E-state index contributed by atoms with van der Waals surface area (Å²) in [7, 11) is 0. The summed E-state index contributed by atoms with van der Waals surface area (Å²) in [6.45, 7) is 0.0771. The van der Waals surface area contributed by atoms with Crippen LogP contribution in [0.5, 0.6) is 0 Å². The fourth-order valence-electron chi connectivity index (χ4n) is 3.82. The molecule has 0 bridgehead atoms. The molecule has 2 amide bonds. The Morgan fingerprint density at radius 3 is 2.32 bits per heavy atom. The lowest BCUT2D eigenvalue weighted by molar-refractivity contribution is -0.141. The Hall–Kier alpha value is -1.76. The first-order valence-corrected chi connectivity index (χ1v) is 8.06. The molecular formula is C15H20N4O3. The van der Waals surface area contributed by atoms with Gasteiger partial charge in [0, 0.05) is 0 Å². The standard InChI is InChI=1S/C15H20N4O3/c16-15(6-3-7-15)14-17-11(22-18-14)8-19-12(20)9-4-1-2-5-10(9)13(19)21/h9-10H,1-8,16H2. The van der Waals surface area contributed by atoms with Crippen LogP contribution in [0.2, 0.25) is 0 Å². The molecule has 2 N–H and O–H groups in total. The van der Waals surface area contributed by atoms with Gasteiger partial charge in [-0.05, 0) is 32.1 Å². The number of nitrogens with two attached hydrogens (primary N) is 1. The Balaban J connectivity index is 1.51. The van der Waals surface area contributed by atoms with Crippen molar-refractivity contribution in [1.29, 1.82) is 0 Å². The predicted molar refractivity (Wildman–Crippen MR) is 75.0 cm³/mol. The molecule has 0 radical (unpaired) electrons. The fraction of sp³-hybridized carbons (Fsp3) is 0.733. The smallest absolute Gasteiger partial charge is 0.246 e.